The molecule has 1 aromatic heterocycles. The molecule has 0 saturated heterocycles. The molecule has 5 heteroatoms. The zero-order valence-electron chi connectivity index (χ0n) is 9.40. The average Bonchev–Trinajstić information content (AvgIpc) is 2.83. The Labute approximate surface area is 99.3 Å². The van der Waals surface area contributed by atoms with E-state index in [2.05, 4.69) is 10.3 Å². The molecule has 0 radical (unpaired) electrons. The molecule has 2 rings (SSSR count). The molecule has 3 N–H and O–H groups in total. The summed E-state index contributed by atoms with van der Waals surface area (Å²) >= 11 is 1.65. The van der Waals surface area contributed by atoms with Crippen molar-refractivity contribution in [2.45, 2.75) is 38.8 Å². The molecule has 88 valence electrons. The number of nitrogens with zero attached hydrogens (tertiary/aromatic N) is 1. The van der Waals surface area contributed by atoms with Crippen molar-refractivity contribution in [2.75, 3.05) is 0 Å². The minimum Gasteiger partial charge on any atom is -0.369 e. The standard InChI is InChI=1S/C11H17N3OS/c1-7-10(16-6-14-7)5-13-9-4-2-3-8(9)11(12)15/h6,8-9,13H,2-5H2,1H3,(H2,12,15). The van der Waals surface area contributed by atoms with Crippen LogP contribution in [-0.4, -0.2) is 16.9 Å². The van der Waals surface area contributed by atoms with E-state index in [0.29, 0.717) is 0 Å². The van der Waals surface area contributed by atoms with Crippen molar-refractivity contribution in [3.63, 3.8) is 0 Å². The normalized spacial score (nSPS) is 24.8. The number of hydrogen-bond donors (Lipinski definition) is 2. The van der Waals surface area contributed by atoms with Gasteiger partial charge in [-0.1, -0.05) is 6.42 Å². The van der Waals surface area contributed by atoms with Crippen LogP contribution in [0.5, 0.6) is 0 Å². The van der Waals surface area contributed by atoms with Crippen molar-refractivity contribution in [2.24, 2.45) is 11.7 Å². The number of carbonyl (C=O) groups excluding carboxylic acids is 1. The lowest BCUT2D eigenvalue weighted by atomic mass is 10.0. The minimum absolute atomic E-state index is 0.00762. The lowest BCUT2D eigenvalue weighted by molar-refractivity contribution is -0.122. The predicted octanol–water partition coefficient (Wildman–Crippen LogP) is 1.20. The number of aryl methyl sites for hydroxylation is 1. The van der Waals surface area contributed by atoms with Crippen molar-refractivity contribution in [3.05, 3.63) is 16.1 Å². The van der Waals surface area contributed by atoms with Gasteiger partial charge >= 0.3 is 0 Å². The van der Waals surface area contributed by atoms with Crippen LogP contribution >= 0.6 is 11.3 Å². The Morgan fingerprint density at radius 2 is 2.50 bits per heavy atom. The van der Waals surface area contributed by atoms with E-state index in [0.717, 1.165) is 31.5 Å². The van der Waals surface area contributed by atoms with Crippen LogP contribution in [0.3, 0.4) is 0 Å². The number of thiazole rings is 1. The molecule has 1 fully saturated rings. The van der Waals surface area contributed by atoms with Crippen LogP contribution in [-0.2, 0) is 11.3 Å². The van der Waals surface area contributed by atoms with Crippen LogP contribution in [0.4, 0.5) is 0 Å². The average molecular weight is 239 g/mol. The summed E-state index contributed by atoms with van der Waals surface area (Å²) in [5.74, 6) is -0.163. The number of amides is 1. The van der Waals surface area contributed by atoms with Crippen LogP contribution in [0.15, 0.2) is 5.51 Å². The van der Waals surface area contributed by atoms with Gasteiger partial charge in [0.2, 0.25) is 5.91 Å². The Morgan fingerprint density at radius 3 is 3.12 bits per heavy atom. The molecule has 1 heterocycles. The summed E-state index contributed by atoms with van der Waals surface area (Å²) in [7, 11) is 0. The first-order valence-electron chi connectivity index (χ1n) is 5.60. The first-order valence-corrected chi connectivity index (χ1v) is 6.48. The fourth-order valence-electron chi connectivity index (χ4n) is 2.26. The largest absolute Gasteiger partial charge is 0.369 e. The van der Waals surface area contributed by atoms with Gasteiger partial charge in [0.25, 0.3) is 0 Å². The van der Waals surface area contributed by atoms with E-state index in [9.17, 15) is 4.79 Å². The van der Waals surface area contributed by atoms with Crippen LogP contribution in [0.2, 0.25) is 0 Å². The highest BCUT2D eigenvalue weighted by molar-refractivity contribution is 7.09. The van der Waals surface area contributed by atoms with Crippen LogP contribution < -0.4 is 11.1 Å². The van der Waals surface area contributed by atoms with Gasteiger partial charge in [0.1, 0.15) is 0 Å². The van der Waals surface area contributed by atoms with Crippen molar-refractivity contribution < 1.29 is 4.79 Å². The molecule has 1 saturated carbocycles. The molecule has 1 amide bonds. The molecule has 0 aromatic carbocycles. The maximum absolute atomic E-state index is 11.2. The number of aromatic nitrogens is 1. The summed E-state index contributed by atoms with van der Waals surface area (Å²) in [6, 6.07) is 0.249. The van der Waals surface area contributed by atoms with Gasteiger partial charge in [-0.3, -0.25) is 4.79 Å². The van der Waals surface area contributed by atoms with Crippen molar-refractivity contribution in [1.82, 2.24) is 10.3 Å². The molecule has 0 spiro atoms. The quantitative estimate of drug-likeness (QED) is 0.829. The Morgan fingerprint density at radius 1 is 1.69 bits per heavy atom. The topological polar surface area (TPSA) is 68.0 Å². The van der Waals surface area contributed by atoms with Crippen molar-refractivity contribution in [3.8, 4) is 0 Å². The highest BCUT2D eigenvalue weighted by atomic mass is 32.1. The first kappa shape index (κ1) is 11.5. The number of hydrogen-bond acceptors (Lipinski definition) is 4. The van der Waals surface area contributed by atoms with Gasteiger partial charge in [0.15, 0.2) is 0 Å². The van der Waals surface area contributed by atoms with E-state index in [1.165, 1.54) is 4.88 Å². The fourth-order valence-corrected chi connectivity index (χ4v) is 2.99. The lowest BCUT2D eigenvalue weighted by Gasteiger charge is -2.17. The van der Waals surface area contributed by atoms with Gasteiger partial charge in [-0.15, -0.1) is 11.3 Å². The van der Waals surface area contributed by atoms with Gasteiger partial charge in [0.05, 0.1) is 17.1 Å². The molecule has 0 aliphatic heterocycles. The zero-order chi connectivity index (χ0) is 11.5. The van der Waals surface area contributed by atoms with Gasteiger partial charge < -0.3 is 11.1 Å². The van der Waals surface area contributed by atoms with E-state index in [1.54, 1.807) is 11.3 Å². The monoisotopic (exact) mass is 239 g/mol. The first-order chi connectivity index (χ1) is 7.68. The molecule has 1 aliphatic carbocycles. The van der Waals surface area contributed by atoms with E-state index in [4.69, 9.17) is 5.73 Å². The van der Waals surface area contributed by atoms with E-state index < -0.39 is 0 Å². The second-order valence-corrected chi connectivity index (χ2v) is 5.23. The third-order valence-electron chi connectivity index (χ3n) is 3.25. The Hall–Kier alpha value is -0.940. The summed E-state index contributed by atoms with van der Waals surface area (Å²) in [6.45, 7) is 2.80. The number of nitrogens with two attached hydrogens (primary N) is 1. The third kappa shape index (κ3) is 2.41. The van der Waals surface area contributed by atoms with Crippen molar-refractivity contribution in [1.29, 1.82) is 0 Å². The summed E-state index contributed by atoms with van der Waals surface area (Å²) < 4.78 is 0. The number of primary amides is 1. The van der Waals surface area contributed by atoms with E-state index >= 15 is 0 Å². The van der Waals surface area contributed by atoms with E-state index in [-0.39, 0.29) is 17.9 Å². The number of carbonyl (C=O) groups is 1. The summed E-state index contributed by atoms with van der Waals surface area (Å²) in [5.41, 5.74) is 8.31. The molecule has 4 nitrogen and oxygen atoms in total. The Kier molecular flexibility index (Phi) is 3.56. The molecule has 2 atom stereocenters. The maximum atomic E-state index is 11.2. The predicted molar refractivity (Wildman–Crippen MR) is 64.0 cm³/mol. The lowest BCUT2D eigenvalue weighted by Crippen LogP contribution is -2.38. The Bertz CT molecular complexity index is 377. The zero-order valence-corrected chi connectivity index (χ0v) is 10.2. The summed E-state index contributed by atoms with van der Waals surface area (Å²) in [5, 5.41) is 3.43. The molecule has 0 bridgehead atoms. The second-order valence-electron chi connectivity index (χ2n) is 4.29. The molecular formula is C11H17N3OS. The Balaban J connectivity index is 1.90. The molecule has 16 heavy (non-hydrogen) atoms. The number of rotatable bonds is 4. The summed E-state index contributed by atoms with van der Waals surface area (Å²) in [4.78, 5) is 16.7. The van der Waals surface area contributed by atoms with E-state index in [1.807, 2.05) is 12.4 Å². The SMILES string of the molecule is Cc1ncsc1CNC1CCCC1C(N)=O. The van der Waals surface area contributed by atoms with Crippen LogP contribution in [0, 0.1) is 12.8 Å². The van der Waals surface area contributed by atoms with Crippen molar-refractivity contribution >= 4 is 17.2 Å². The highest BCUT2D eigenvalue weighted by Crippen LogP contribution is 2.26. The second kappa shape index (κ2) is 4.93. The smallest absolute Gasteiger partial charge is 0.222 e. The van der Waals surface area contributed by atoms with Gasteiger partial charge in [0, 0.05) is 17.5 Å². The molecular weight excluding hydrogens is 222 g/mol. The maximum Gasteiger partial charge on any atom is 0.222 e. The molecule has 2 unspecified atom stereocenters. The van der Waals surface area contributed by atoms with Crippen LogP contribution in [0.1, 0.15) is 29.8 Å². The van der Waals surface area contributed by atoms with Crippen LogP contribution in [0.25, 0.3) is 0 Å². The minimum atomic E-state index is -0.170. The molecule has 1 aliphatic rings. The third-order valence-corrected chi connectivity index (χ3v) is 4.19. The summed E-state index contributed by atoms with van der Waals surface area (Å²) in [6.07, 6.45) is 3.06. The van der Waals surface area contributed by atoms with Gasteiger partial charge in [-0.25, -0.2) is 4.98 Å². The van der Waals surface area contributed by atoms with Gasteiger partial charge in [-0.2, -0.15) is 0 Å². The molecule has 1 aromatic rings. The fraction of sp³-hybridized carbons (Fsp3) is 0.636. The number of nitrogens with one attached hydrogen (secondary N) is 1. The van der Waals surface area contributed by atoms with Gasteiger partial charge in [-0.05, 0) is 19.8 Å². The highest BCUT2D eigenvalue weighted by Gasteiger charge is 2.30.